The maximum absolute atomic E-state index is 11.0. The van der Waals surface area contributed by atoms with Crippen LogP contribution in [0.3, 0.4) is 0 Å². The lowest BCUT2D eigenvalue weighted by Crippen LogP contribution is -2.21. The topological polar surface area (TPSA) is 77.8 Å². The van der Waals surface area contributed by atoms with Crippen molar-refractivity contribution >= 4 is 11.7 Å². The molecule has 0 saturated carbocycles. The molecule has 0 atom stereocenters. The molecular formula is C11H14N4O. The molecular weight excluding hydrogens is 204 g/mol. The Labute approximate surface area is 94.5 Å². The van der Waals surface area contributed by atoms with E-state index in [0.717, 1.165) is 5.56 Å². The van der Waals surface area contributed by atoms with Gasteiger partial charge in [0.15, 0.2) is 0 Å². The Morgan fingerprint density at radius 3 is 3.00 bits per heavy atom. The molecule has 0 spiro atoms. The number of nitrogens with zero attached hydrogens (tertiary/aromatic N) is 2. The second-order valence-electron chi connectivity index (χ2n) is 3.31. The average Bonchev–Trinajstić information content (AvgIpc) is 2.29. The van der Waals surface area contributed by atoms with Gasteiger partial charge >= 0.3 is 0 Å². The zero-order valence-electron chi connectivity index (χ0n) is 9.37. The van der Waals surface area contributed by atoms with Crippen molar-refractivity contribution in [1.82, 2.24) is 10.3 Å². The average molecular weight is 218 g/mol. The fourth-order valence-corrected chi connectivity index (χ4v) is 1.25. The summed E-state index contributed by atoms with van der Waals surface area (Å²) in [5.41, 5.74) is 1.40. The molecule has 1 aromatic rings. The fourth-order valence-electron chi connectivity index (χ4n) is 1.25. The number of hydrogen-bond acceptors (Lipinski definition) is 4. The minimum absolute atomic E-state index is 0.0429. The number of carbonyl (C=O) groups excluding carboxylic acids is 1. The van der Waals surface area contributed by atoms with Crippen LogP contribution in [0, 0.1) is 18.3 Å². The number of aromatic nitrogens is 1. The van der Waals surface area contributed by atoms with Gasteiger partial charge in [-0.3, -0.25) is 4.79 Å². The molecule has 0 radical (unpaired) electrons. The van der Waals surface area contributed by atoms with E-state index < -0.39 is 0 Å². The van der Waals surface area contributed by atoms with Gasteiger partial charge in [-0.15, -0.1) is 0 Å². The Kier molecular flexibility index (Phi) is 4.28. The van der Waals surface area contributed by atoms with Gasteiger partial charge in [-0.25, -0.2) is 4.98 Å². The molecule has 2 N–H and O–H groups in total. The van der Waals surface area contributed by atoms with E-state index in [1.807, 2.05) is 6.92 Å². The SMILES string of the molecule is CNC(=O)CCNc1nccc(C)c1C#N. The lowest BCUT2D eigenvalue weighted by Gasteiger charge is -2.07. The van der Waals surface area contributed by atoms with Gasteiger partial charge < -0.3 is 10.6 Å². The minimum Gasteiger partial charge on any atom is -0.368 e. The number of nitrogens with one attached hydrogen (secondary N) is 2. The number of amides is 1. The summed E-state index contributed by atoms with van der Waals surface area (Å²) in [6, 6.07) is 3.87. The van der Waals surface area contributed by atoms with Gasteiger partial charge in [0.1, 0.15) is 11.9 Å². The predicted molar refractivity (Wildman–Crippen MR) is 60.9 cm³/mol. The summed E-state index contributed by atoms with van der Waals surface area (Å²) < 4.78 is 0. The smallest absolute Gasteiger partial charge is 0.221 e. The van der Waals surface area contributed by atoms with E-state index in [1.54, 1.807) is 19.3 Å². The van der Waals surface area contributed by atoms with Gasteiger partial charge in [0.05, 0.1) is 5.56 Å². The summed E-state index contributed by atoms with van der Waals surface area (Å²) >= 11 is 0. The monoisotopic (exact) mass is 218 g/mol. The molecule has 1 heterocycles. The number of pyridine rings is 1. The van der Waals surface area contributed by atoms with Gasteiger partial charge in [0.25, 0.3) is 0 Å². The second-order valence-corrected chi connectivity index (χ2v) is 3.31. The van der Waals surface area contributed by atoms with Crippen LogP contribution < -0.4 is 10.6 Å². The molecule has 84 valence electrons. The van der Waals surface area contributed by atoms with Crippen molar-refractivity contribution in [3.63, 3.8) is 0 Å². The Balaban J connectivity index is 2.64. The third-order valence-electron chi connectivity index (χ3n) is 2.19. The van der Waals surface area contributed by atoms with E-state index in [4.69, 9.17) is 5.26 Å². The third-order valence-corrected chi connectivity index (χ3v) is 2.19. The van der Waals surface area contributed by atoms with Crippen LogP contribution in [0.2, 0.25) is 0 Å². The van der Waals surface area contributed by atoms with Crippen molar-refractivity contribution < 1.29 is 4.79 Å². The molecule has 1 aromatic heterocycles. The first-order valence-electron chi connectivity index (χ1n) is 4.99. The van der Waals surface area contributed by atoms with E-state index in [9.17, 15) is 4.79 Å². The number of anilines is 1. The molecule has 0 bridgehead atoms. The number of nitriles is 1. The maximum Gasteiger partial charge on any atom is 0.221 e. The van der Waals surface area contributed by atoms with Crippen LogP contribution in [0.15, 0.2) is 12.3 Å². The van der Waals surface area contributed by atoms with Crippen molar-refractivity contribution in [1.29, 1.82) is 5.26 Å². The highest BCUT2D eigenvalue weighted by molar-refractivity contribution is 5.76. The third kappa shape index (κ3) is 2.95. The zero-order chi connectivity index (χ0) is 12.0. The normalized spacial score (nSPS) is 9.31. The molecule has 0 aliphatic heterocycles. The van der Waals surface area contributed by atoms with E-state index in [1.165, 1.54) is 0 Å². The maximum atomic E-state index is 11.0. The van der Waals surface area contributed by atoms with E-state index in [2.05, 4.69) is 21.7 Å². The van der Waals surface area contributed by atoms with Gasteiger partial charge in [-0.2, -0.15) is 5.26 Å². The van der Waals surface area contributed by atoms with Crippen LogP contribution in [-0.4, -0.2) is 24.5 Å². The molecule has 0 aliphatic rings. The quantitative estimate of drug-likeness (QED) is 0.784. The Bertz CT molecular complexity index is 422. The molecule has 1 rings (SSSR count). The summed E-state index contributed by atoms with van der Waals surface area (Å²) in [5, 5.41) is 14.4. The largest absolute Gasteiger partial charge is 0.368 e. The highest BCUT2D eigenvalue weighted by atomic mass is 16.1. The first-order chi connectivity index (χ1) is 7.69. The van der Waals surface area contributed by atoms with Crippen LogP contribution in [-0.2, 0) is 4.79 Å². The van der Waals surface area contributed by atoms with Gasteiger partial charge in [-0.05, 0) is 18.6 Å². The minimum atomic E-state index is -0.0429. The molecule has 0 saturated heterocycles. The first-order valence-corrected chi connectivity index (χ1v) is 4.99. The zero-order valence-corrected chi connectivity index (χ0v) is 9.37. The van der Waals surface area contributed by atoms with Crippen molar-refractivity contribution in [3.05, 3.63) is 23.4 Å². The Morgan fingerprint density at radius 2 is 2.38 bits per heavy atom. The molecule has 0 unspecified atom stereocenters. The summed E-state index contributed by atoms with van der Waals surface area (Å²) in [7, 11) is 1.59. The van der Waals surface area contributed by atoms with Gasteiger partial charge in [-0.1, -0.05) is 0 Å². The molecule has 16 heavy (non-hydrogen) atoms. The lowest BCUT2D eigenvalue weighted by atomic mass is 10.1. The van der Waals surface area contributed by atoms with Crippen molar-refractivity contribution in [2.45, 2.75) is 13.3 Å². The van der Waals surface area contributed by atoms with E-state index in [0.29, 0.717) is 24.3 Å². The second kappa shape index (κ2) is 5.71. The standard InChI is InChI=1S/C11H14N4O/c1-8-3-5-14-11(9(8)7-12)15-6-4-10(16)13-2/h3,5H,4,6H2,1-2H3,(H,13,16)(H,14,15). The summed E-state index contributed by atoms with van der Waals surface area (Å²) in [6.45, 7) is 2.31. The molecule has 0 fully saturated rings. The lowest BCUT2D eigenvalue weighted by molar-refractivity contribution is -0.120. The van der Waals surface area contributed by atoms with Crippen LogP contribution >= 0.6 is 0 Å². The summed E-state index contributed by atoms with van der Waals surface area (Å²) in [6.07, 6.45) is 2.00. The Hall–Kier alpha value is -2.09. The van der Waals surface area contributed by atoms with Crippen molar-refractivity contribution in [2.75, 3.05) is 18.9 Å². The number of hydrogen-bond donors (Lipinski definition) is 2. The summed E-state index contributed by atoms with van der Waals surface area (Å²) in [5.74, 6) is 0.491. The highest BCUT2D eigenvalue weighted by Crippen LogP contribution is 2.14. The van der Waals surface area contributed by atoms with Crippen LogP contribution in [0.25, 0.3) is 0 Å². The van der Waals surface area contributed by atoms with Crippen LogP contribution in [0.4, 0.5) is 5.82 Å². The number of carbonyl (C=O) groups is 1. The Morgan fingerprint density at radius 1 is 1.62 bits per heavy atom. The van der Waals surface area contributed by atoms with Crippen LogP contribution in [0.5, 0.6) is 0 Å². The fraction of sp³-hybridized carbons (Fsp3) is 0.364. The van der Waals surface area contributed by atoms with Crippen molar-refractivity contribution in [2.24, 2.45) is 0 Å². The van der Waals surface area contributed by atoms with E-state index in [-0.39, 0.29) is 5.91 Å². The molecule has 0 aliphatic carbocycles. The molecule has 0 aromatic carbocycles. The van der Waals surface area contributed by atoms with E-state index >= 15 is 0 Å². The first kappa shape index (κ1) is 12.0. The predicted octanol–water partition coefficient (Wildman–Crippen LogP) is 0.810. The van der Waals surface area contributed by atoms with Gasteiger partial charge in [0.2, 0.25) is 5.91 Å². The molecule has 5 heteroatoms. The summed E-state index contributed by atoms with van der Waals surface area (Å²) in [4.78, 5) is 15.1. The molecule has 1 amide bonds. The molecule has 5 nitrogen and oxygen atoms in total. The van der Waals surface area contributed by atoms with Crippen molar-refractivity contribution in [3.8, 4) is 6.07 Å². The van der Waals surface area contributed by atoms with Crippen LogP contribution in [0.1, 0.15) is 17.5 Å². The number of aryl methyl sites for hydroxylation is 1. The van der Waals surface area contributed by atoms with Gasteiger partial charge in [0, 0.05) is 26.2 Å². The number of rotatable bonds is 4. The highest BCUT2D eigenvalue weighted by Gasteiger charge is 2.06.